The Bertz CT molecular complexity index is 617. The standard InChI is InChI=1S/C12H17N7O/c1-7-16-11(18-17-7)5-19(2)12(20)9-3-8-10(4-13-9)15-6-14-8/h6,9,13H,3-5H2,1-2H3,(H,14,15)(H,16,17,18). The zero-order valence-electron chi connectivity index (χ0n) is 11.5. The minimum atomic E-state index is -0.240. The second-order valence-corrected chi connectivity index (χ2v) is 5.00. The van der Waals surface area contributed by atoms with Gasteiger partial charge < -0.3 is 9.88 Å². The van der Waals surface area contributed by atoms with E-state index in [1.54, 1.807) is 18.3 Å². The number of hydrogen-bond donors (Lipinski definition) is 3. The average molecular weight is 275 g/mol. The van der Waals surface area contributed by atoms with E-state index in [1.807, 2.05) is 6.92 Å². The lowest BCUT2D eigenvalue weighted by molar-refractivity contribution is -0.133. The third-order valence-electron chi connectivity index (χ3n) is 3.43. The Labute approximate surface area is 116 Å². The summed E-state index contributed by atoms with van der Waals surface area (Å²) in [6.07, 6.45) is 2.27. The fourth-order valence-electron chi connectivity index (χ4n) is 2.36. The van der Waals surface area contributed by atoms with E-state index in [2.05, 4.69) is 30.5 Å². The van der Waals surface area contributed by atoms with Crippen molar-refractivity contribution in [3.63, 3.8) is 0 Å². The number of aryl methyl sites for hydroxylation is 1. The lowest BCUT2D eigenvalue weighted by atomic mass is 10.0. The number of H-pyrrole nitrogens is 2. The van der Waals surface area contributed by atoms with Crippen LogP contribution < -0.4 is 5.32 Å². The third-order valence-corrected chi connectivity index (χ3v) is 3.43. The molecule has 8 nitrogen and oxygen atoms in total. The highest BCUT2D eigenvalue weighted by molar-refractivity contribution is 5.82. The van der Waals surface area contributed by atoms with Crippen LogP contribution in [0.1, 0.15) is 23.0 Å². The molecule has 3 rings (SSSR count). The second-order valence-electron chi connectivity index (χ2n) is 5.00. The number of fused-ring (bicyclic) bond motifs is 1. The van der Waals surface area contributed by atoms with Gasteiger partial charge in [-0.15, -0.1) is 0 Å². The normalized spacial score (nSPS) is 17.8. The fraction of sp³-hybridized carbons (Fsp3) is 0.500. The van der Waals surface area contributed by atoms with Gasteiger partial charge in [0.25, 0.3) is 0 Å². The molecule has 0 spiro atoms. The van der Waals surface area contributed by atoms with Crippen molar-refractivity contribution in [3.8, 4) is 0 Å². The van der Waals surface area contributed by atoms with Crippen LogP contribution in [0, 0.1) is 6.92 Å². The van der Waals surface area contributed by atoms with Crippen molar-refractivity contribution in [2.24, 2.45) is 0 Å². The quantitative estimate of drug-likeness (QED) is 0.701. The van der Waals surface area contributed by atoms with Crippen molar-refractivity contribution >= 4 is 5.91 Å². The predicted octanol–water partition coefficient (Wildman–Crippen LogP) is -0.491. The van der Waals surface area contributed by atoms with Crippen molar-refractivity contribution in [1.82, 2.24) is 35.4 Å². The van der Waals surface area contributed by atoms with Gasteiger partial charge >= 0.3 is 0 Å². The van der Waals surface area contributed by atoms with Crippen LogP contribution in [0.25, 0.3) is 0 Å². The van der Waals surface area contributed by atoms with Gasteiger partial charge in [0, 0.05) is 20.0 Å². The number of rotatable bonds is 3. The highest BCUT2D eigenvalue weighted by Gasteiger charge is 2.28. The Morgan fingerprint density at radius 3 is 3.15 bits per heavy atom. The molecule has 0 bridgehead atoms. The molecule has 20 heavy (non-hydrogen) atoms. The van der Waals surface area contributed by atoms with Crippen molar-refractivity contribution in [3.05, 3.63) is 29.4 Å². The van der Waals surface area contributed by atoms with Crippen molar-refractivity contribution in [2.45, 2.75) is 32.5 Å². The van der Waals surface area contributed by atoms with Gasteiger partial charge in [-0.25, -0.2) is 9.97 Å². The van der Waals surface area contributed by atoms with Gasteiger partial charge in [0.05, 0.1) is 30.3 Å². The van der Waals surface area contributed by atoms with Crippen molar-refractivity contribution in [2.75, 3.05) is 7.05 Å². The number of hydrogen-bond acceptors (Lipinski definition) is 5. The van der Waals surface area contributed by atoms with E-state index in [0.29, 0.717) is 25.3 Å². The number of imidazole rings is 1. The molecule has 3 N–H and O–H groups in total. The summed E-state index contributed by atoms with van der Waals surface area (Å²) in [5.74, 6) is 1.40. The molecule has 1 aliphatic rings. The lowest BCUT2D eigenvalue weighted by Crippen LogP contribution is -2.48. The molecule has 2 aromatic rings. The van der Waals surface area contributed by atoms with Crippen LogP contribution in [-0.4, -0.2) is 49.0 Å². The molecule has 3 heterocycles. The molecule has 0 saturated carbocycles. The molecular weight excluding hydrogens is 258 g/mol. The summed E-state index contributed by atoms with van der Waals surface area (Å²) in [7, 11) is 1.76. The molecule has 1 atom stereocenters. The molecule has 8 heteroatoms. The zero-order valence-corrected chi connectivity index (χ0v) is 11.5. The maximum Gasteiger partial charge on any atom is 0.240 e. The molecular formula is C12H17N7O. The van der Waals surface area contributed by atoms with Gasteiger partial charge in [-0.2, -0.15) is 5.10 Å². The zero-order chi connectivity index (χ0) is 14.1. The van der Waals surface area contributed by atoms with E-state index in [-0.39, 0.29) is 11.9 Å². The molecule has 2 aromatic heterocycles. The van der Waals surface area contributed by atoms with Crippen LogP contribution in [0.2, 0.25) is 0 Å². The maximum absolute atomic E-state index is 12.4. The molecule has 106 valence electrons. The van der Waals surface area contributed by atoms with E-state index >= 15 is 0 Å². The van der Waals surface area contributed by atoms with Crippen LogP contribution in [0.15, 0.2) is 6.33 Å². The summed E-state index contributed by atoms with van der Waals surface area (Å²) in [6.45, 7) is 2.87. The Morgan fingerprint density at radius 2 is 2.40 bits per heavy atom. The van der Waals surface area contributed by atoms with Crippen molar-refractivity contribution < 1.29 is 4.79 Å². The Hall–Kier alpha value is -2.22. The SMILES string of the molecule is Cc1nc(CN(C)C(=O)C2Cc3nc[nH]c3CN2)n[nH]1. The second kappa shape index (κ2) is 5.04. The number of aromatic amines is 2. The van der Waals surface area contributed by atoms with Crippen molar-refractivity contribution in [1.29, 1.82) is 0 Å². The largest absolute Gasteiger partial charge is 0.347 e. The summed E-state index contributed by atoms with van der Waals surface area (Å²) in [6, 6.07) is -0.240. The molecule has 1 amide bonds. The molecule has 1 unspecified atom stereocenters. The van der Waals surface area contributed by atoms with E-state index in [4.69, 9.17) is 0 Å². The summed E-state index contributed by atoms with van der Waals surface area (Å²) in [4.78, 5) is 25.6. The topological polar surface area (TPSA) is 103 Å². The van der Waals surface area contributed by atoms with Crippen LogP contribution in [0.4, 0.5) is 0 Å². The van der Waals surface area contributed by atoms with E-state index < -0.39 is 0 Å². The highest BCUT2D eigenvalue weighted by atomic mass is 16.2. The average Bonchev–Trinajstić information content (AvgIpc) is 3.05. The first kappa shape index (κ1) is 12.8. The summed E-state index contributed by atoms with van der Waals surface area (Å²) in [5.41, 5.74) is 2.02. The van der Waals surface area contributed by atoms with E-state index in [0.717, 1.165) is 17.2 Å². The number of amides is 1. The number of likely N-dealkylation sites (N-methyl/N-ethyl adjacent to an activating group) is 1. The molecule has 0 aromatic carbocycles. The summed E-state index contributed by atoms with van der Waals surface area (Å²) < 4.78 is 0. The van der Waals surface area contributed by atoms with E-state index in [9.17, 15) is 4.79 Å². The minimum Gasteiger partial charge on any atom is -0.347 e. The first-order chi connectivity index (χ1) is 9.63. The smallest absolute Gasteiger partial charge is 0.240 e. The van der Waals surface area contributed by atoms with Gasteiger partial charge in [0.2, 0.25) is 5.91 Å². The fourth-order valence-corrected chi connectivity index (χ4v) is 2.36. The van der Waals surface area contributed by atoms with Crippen LogP contribution >= 0.6 is 0 Å². The number of nitrogens with one attached hydrogen (secondary N) is 3. The first-order valence-corrected chi connectivity index (χ1v) is 6.51. The highest BCUT2D eigenvalue weighted by Crippen LogP contribution is 2.14. The van der Waals surface area contributed by atoms with Gasteiger partial charge in [0.1, 0.15) is 5.82 Å². The number of aromatic nitrogens is 5. The number of nitrogens with zero attached hydrogens (tertiary/aromatic N) is 4. The Morgan fingerprint density at radius 1 is 1.55 bits per heavy atom. The Balaban J connectivity index is 1.64. The predicted molar refractivity (Wildman–Crippen MR) is 70.5 cm³/mol. The first-order valence-electron chi connectivity index (χ1n) is 6.51. The molecule has 0 radical (unpaired) electrons. The van der Waals surface area contributed by atoms with Gasteiger partial charge in [0.15, 0.2) is 5.82 Å². The number of carbonyl (C=O) groups excluding carboxylic acids is 1. The van der Waals surface area contributed by atoms with Gasteiger partial charge in [-0.1, -0.05) is 0 Å². The van der Waals surface area contributed by atoms with E-state index in [1.165, 1.54) is 0 Å². The molecule has 0 aliphatic carbocycles. The van der Waals surface area contributed by atoms with Gasteiger partial charge in [-0.3, -0.25) is 15.2 Å². The number of carbonyl (C=O) groups is 1. The summed E-state index contributed by atoms with van der Waals surface area (Å²) >= 11 is 0. The molecule has 0 fully saturated rings. The third kappa shape index (κ3) is 2.42. The van der Waals surface area contributed by atoms with Crippen LogP contribution in [0.5, 0.6) is 0 Å². The maximum atomic E-state index is 12.4. The minimum absolute atomic E-state index is 0.0288. The van der Waals surface area contributed by atoms with Crippen LogP contribution in [0.3, 0.4) is 0 Å². The van der Waals surface area contributed by atoms with Gasteiger partial charge in [-0.05, 0) is 6.92 Å². The Kier molecular flexibility index (Phi) is 3.23. The van der Waals surface area contributed by atoms with Crippen LogP contribution in [-0.2, 0) is 24.3 Å². The molecule has 0 saturated heterocycles. The summed E-state index contributed by atoms with van der Waals surface area (Å²) in [5, 5.41) is 10.0. The molecule has 1 aliphatic heterocycles. The monoisotopic (exact) mass is 275 g/mol. The lowest BCUT2D eigenvalue weighted by Gasteiger charge is -2.26.